The Bertz CT molecular complexity index is 1300. The summed E-state index contributed by atoms with van der Waals surface area (Å²) in [6.45, 7) is 4.58. The molecule has 11 heteroatoms. The number of alkyl halides is 3. The van der Waals surface area contributed by atoms with Crippen molar-refractivity contribution in [2.24, 2.45) is 0 Å². The molecule has 2 fully saturated rings. The highest BCUT2D eigenvalue weighted by Crippen LogP contribution is 2.37. The second-order valence-corrected chi connectivity index (χ2v) is 9.21. The van der Waals surface area contributed by atoms with Crippen molar-refractivity contribution in [3.8, 4) is 28.1 Å². The second-order valence-electron chi connectivity index (χ2n) is 9.21. The Labute approximate surface area is 212 Å². The summed E-state index contributed by atoms with van der Waals surface area (Å²) in [7, 11) is 0. The SMILES string of the molecule is CCc1ncnc(-c2ccc(C(=O)N3CCN4CCC[C@H]4C3)c(OC(F)(F)F)c2)c1-c1ccc(N)nc1. The molecule has 2 N–H and O–H groups in total. The lowest BCUT2D eigenvalue weighted by molar-refractivity contribution is -0.274. The van der Waals surface area contributed by atoms with Crippen molar-refractivity contribution in [2.75, 3.05) is 31.9 Å². The van der Waals surface area contributed by atoms with Crippen molar-refractivity contribution >= 4 is 11.7 Å². The van der Waals surface area contributed by atoms with Crippen LogP contribution >= 0.6 is 0 Å². The third-order valence-corrected chi connectivity index (χ3v) is 6.92. The first-order chi connectivity index (χ1) is 17.7. The summed E-state index contributed by atoms with van der Waals surface area (Å²) < 4.78 is 44.7. The molecule has 5 rings (SSSR count). The van der Waals surface area contributed by atoms with Gasteiger partial charge in [-0.1, -0.05) is 13.0 Å². The number of carbonyl (C=O) groups excluding carboxylic acids is 1. The molecule has 4 heterocycles. The van der Waals surface area contributed by atoms with Crippen LogP contribution in [0, 0.1) is 0 Å². The molecule has 1 aromatic carbocycles. The molecule has 0 bridgehead atoms. The van der Waals surface area contributed by atoms with Crippen LogP contribution < -0.4 is 10.5 Å². The fraction of sp³-hybridized carbons (Fsp3) is 0.385. The minimum absolute atomic E-state index is 0.131. The van der Waals surface area contributed by atoms with Crippen molar-refractivity contribution in [3.05, 3.63) is 54.1 Å². The number of nitrogens with zero attached hydrogens (tertiary/aromatic N) is 5. The van der Waals surface area contributed by atoms with Crippen molar-refractivity contribution in [1.82, 2.24) is 24.8 Å². The van der Waals surface area contributed by atoms with Gasteiger partial charge in [-0.15, -0.1) is 13.2 Å². The number of benzene rings is 1. The predicted octanol–water partition coefficient (Wildman–Crippen LogP) is 4.17. The predicted molar refractivity (Wildman–Crippen MR) is 132 cm³/mol. The molecular weight excluding hydrogens is 485 g/mol. The monoisotopic (exact) mass is 512 g/mol. The number of aromatic nitrogens is 3. The Kier molecular flexibility index (Phi) is 6.72. The number of anilines is 1. The Hall–Kier alpha value is -3.73. The zero-order valence-corrected chi connectivity index (χ0v) is 20.3. The van der Waals surface area contributed by atoms with E-state index in [9.17, 15) is 18.0 Å². The molecule has 2 aromatic heterocycles. The van der Waals surface area contributed by atoms with E-state index in [-0.39, 0.29) is 11.6 Å². The third-order valence-electron chi connectivity index (χ3n) is 6.92. The van der Waals surface area contributed by atoms with Gasteiger partial charge in [-0.05, 0) is 50.1 Å². The first kappa shape index (κ1) is 24.9. The van der Waals surface area contributed by atoms with Gasteiger partial charge in [-0.25, -0.2) is 15.0 Å². The van der Waals surface area contributed by atoms with Crippen LogP contribution in [0.4, 0.5) is 19.0 Å². The van der Waals surface area contributed by atoms with Crippen LogP contribution in [-0.4, -0.2) is 69.2 Å². The summed E-state index contributed by atoms with van der Waals surface area (Å²) in [5.41, 5.74) is 8.38. The number of piperazine rings is 1. The van der Waals surface area contributed by atoms with Gasteiger partial charge in [-0.3, -0.25) is 9.69 Å². The topological polar surface area (TPSA) is 97.5 Å². The molecule has 0 saturated carbocycles. The van der Waals surface area contributed by atoms with Crippen LogP contribution in [0.5, 0.6) is 5.75 Å². The maximum atomic E-state index is 13.4. The summed E-state index contributed by atoms with van der Waals surface area (Å²) in [6.07, 6.45) is 0.572. The van der Waals surface area contributed by atoms with Crippen molar-refractivity contribution < 1.29 is 22.7 Å². The number of hydrogen-bond acceptors (Lipinski definition) is 7. The lowest BCUT2D eigenvalue weighted by atomic mass is 9.96. The molecule has 0 spiro atoms. The van der Waals surface area contributed by atoms with Crippen molar-refractivity contribution in [3.63, 3.8) is 0 Å². The molecule has 1 amide bonds. The van der Waals surface area contributed by atoms with Crippen LogP contribution in [0.15, 0.2) is 42.9 Å². The van der Waals surface area contributed by atoms with Gasteiger partial charge in [0.05, 0.1) is 17.0 Å². The molecule has 2 saturated heterocycles. The Morgan fingerprint density at radius 3 is 2.65 bits per heavy atom. The number of carbonyl (C=O) groups is 1. The minimum Gasteiger partial charge on any atom is -0.405 e. The molecule has 0 unspecified atom stereocenters. The Morgan fingerprint density at radius 2 is 1.92 bits per heavy atom. The number of pyridine rings is 1. The van der Waals surface area contributed by atoms with E-state index in [0.29, 0.717) is 60.0 Å². The second kappa shape index (κ2) is 9.97. The number of fused-ring (bicyclic) bond motifs is 1. The number of nitrogens with two attached hydrogens (primary N) is 1. The van der Waals surface area contributed by atoms with Gasteiger partial charge >= 0.3 is 6.36 Å². The summed E-state index contributed by atoms with van der Waals surface area (Å²) >= 11 is 0. The minimum atomic E-state index is -4.97. The quantitative estimate of drug-likeness (QED) is 0.548. The molecule has 37 heavy (non-hydrogen) atoms. The molecule has 3 aromatic rings. The van der Waals surface area contributed by atoms with E-state index in [1.165, 1.54) is 18.5 Å². The maximum Gasteiger partial charge on any atom is 0.573 e. The fourth-order valence-corrected chi connectivity index (χ4v) is 5.17. The van der Waals surface area contributed by atoms with E-state index in [1.54, 1.807) is 29.3 Å². The molecule has 8 nitrogen and oxygen atoms in total. The molecular formula is C26H27F3N6O2. The normalized spacial score (nSPS) is 18.1. The zero-order chi connectivity index (χ0) is 26.2. The van der Waals surface area contributed by atoms with E-state index < -0.39 is 18.0 Å². The van der Waals surface area contributed by atoms with Crippen LogP contribution in [0.1, 0.15) is 35.8 Å². The fourth-order valence-electron chi connectivity index (χ4n) is 5.17. The first-order valence-electron chi connectivity index (χ1n) is 12.2. The van der Waals surface area contributed by atoms with E-state index in [4.69, 9.17) is 5.73 Å². The van der Waals surface area contributed by atoms with Crippen molar-refractivity contribution in [2.45, 2.75) is 38.6 Å². The zero-order valence-electron chi connectivity index (χ0n) is 20.3. The number of rotatable bonds is 5. The van der Waals surface area contributed by atoms with Crippen molar-refractivity contribution in [1.29, 1.82) is 0 Å². The number of nitrogen functional groups attached to an aromatic ring is 1. The number of amides is 1. The lowest BCUT2D eigenvalue weighted by Gasteiger charge is -2.37. The van der Waals surface area contributed by atoms with E-state index in [1.807, 2.05) is 6.92 Å². The van der Waals surface area contributed by atoms with Crippen LogP contribution in [0.25, 0.3) is 22.4 Å². The highest BCUT2D eigenvalue weighted by atomic mass is 19.4. The number of hydrogen-bond donors (Lipinski definition) is 1. The summed E-state index contributed by atoms with van der Waals surface area (Å²) in [5.74, 6) is -0.693. The van der Waals surface area contributed by atoms with Gasteiger partial charge in [0, 0.05) is 48.6 Å². The van der Waals surface area contributed by atoms with E-state index >= 15 is 0 Å². The molecule has 0 aliphatic carbocycles. The number of ether oxygens (including phenoxy) is 1. The number of aryl methyl sites for hydroxylation is 1. The molecule has 194 valence electrons. The summed E-state index contributed by atoms with van der Waals surface area (Å²) in [4.78, 5) is 30.2. The van der Waals surface area contributed by atoms with Gasteiger partial charge in [0.15, 0.2) is 0 Å². The molecule has 2 aliphatic rings. The smallest absolute Gasteiger partial charge is 0.405 e. The lowest BCUT2D eigenvalue weighted by Crippen LogP contribution is -2.52. The third kappa shape index (κ3) is 5.22. The number of halogens is 3. The highest BCUT2D eigenvalue weighted by molar-refractivity contribution is 5.98. The highest BCUT2D eigenvalue weighted by Gasteiger charge is 2.36. The summed E-state index contributed by atoms with van der Waals surface area (Å²) in [6, 6.07) is 7.85. The molecule has 2 aliphatic heterocycles. The first-order valence-corrected chi connectivity index (χ1v) is 12.2. The average Bonchev–Trinajstić information content (AvgIpc) is 3.35. The van der Waals surface area contributed by atoms with Crippen LogP contribution in [0.2, 0.25) is 0 Å². The van der Waals surface area contributed by atoms with Crippen LogP contribution in [0.3, 0.4) is 0 Å². The Balaban J connectivity index is 1.56. The Morgan fingerprint density at radius 1 is 1.11 bits per heavy atom. The van der Waals surface area contributed by atoms with E-state index in [2.05, 4.69) is 24.6 Å². The largest absolute Gasteiger partial charge is 0.573 e. The molecule has 1 atom stereocenters. The van der Waals surface area contributed by atoms with Gasteiger partial charge < -0.3 is 15.4 Å². The average molecular weight is 513 g/mol. The van der Waals surface area contributed by atoms with Gasteiger partial charge in [0.1, 0.15) is 17.9 Å². The van der Waals surface area contributed by atoms with E-state index in [0.717, 1.165) is 19.4 Å². The van der Waals surface area contributed by atoms with Gasteiger partial charge in [0.2, 0.25) is 0 Å². The molecule has 0 radical (unpaired) electrons. The maximum absolute atomic E-state index is 13.4. The summed E-state index contributed by atoms with van der Waals surface area (Å²) in [5, 5.41) is 0. The standard InChI is InChI=1S/C26H27F3N6O2/c1-2-20-23(17-6-8-22(30)31-13-17)24(33-15-32-20)16-5-7-19(21(12-16)37-26(27,28)29)25(36)35-11-10-34-9-3-4-18(34)14-35/h5-8,12-13,15,18H,2-4,9-11,14H2,1H3,(H2,30,31)/t18-/m0/s1. The van der Waals surface area contributed by atoms with Crippen LogP contribution in [-0.2, 0) is 6.42 Å². The van der Waals surface area contributed by atoms with Gasteiger partial charge in [-0.2, -0.15) is 0 Å². The van der Waals surface area contributed by atoms with Gasteiger partial charge in [0.25, 0.3) is 5.91 Å².